The molecule has 3 amide bonds. The summed E-state index contributed by atoms with van der Waals surface area (Å²) in [5, 5.41) is 15.6. The van der Waals surface area contributed by atoms with E-state index < -0.39 is 60.4 Å². The summed E-state index contributed by atoms with van der Waals surface area (Å²) in [5.41, 5.74) is 0.891. The predicted molar refractivity (Wildman–Crippen MR) is 124 cm³/mol. The molecule has 1 aromatic carbocycles. The highest BCUT2D eigenvalue weighted by Gasteiger charge is 2.58. The highest BCUT2D eigenvalue weighted by atomic mass is 19.3. The smallest absolute Gasteiger partial charge is 0.271 e. The molecule has 1 saturated carbocycles. The number of amides is 3. The number of carbonyl (C=O) groups is 3. The number of likely N-dealkylation sites (tertiary alicyclic amines) is 1. The van der Waals surface area contributed by atoms with Crippen molar-refractivity contribution in [1.82, 2.24) is 20.5 Å². The van der Waals surface area contributed by atoms with Crippen molar-refractivity contribution in [2.24, 2.45) is 17.8 Å². The van der Waals surface area contributed by atoms with Crippen molar-refractivity contribution in [3.05, 3.63) is 30.0 Å². The Morgan fingerprint density at radius 3 is 2.86 bits per heavy atom. The fourth-order valence-corrected chi connectivity index (χ4v) is 5.97. The number of alkyl halides is 2. The fraction of sp³-hybridized carbons (Fsp3) is 0.520. The van der Waals surface area contributed by atoms with Gasteiger partial charge < -0.3 is 25.3 Å². The van der Waals surface area contributed by atoms with E-state index in [2.05, 4.69) is 15.6 Å². The van der Waals surface area contributed by atoms with Gasteiger partial charge >= 0.3 is 0 Å². The number of hydrogen-bond acceptors (Lipinski definition) is 5. The Bertz CT molecular complexity index is 1250. The van der Waals surface area contributed by atoms with Gasteiger partial charge in [0.1, 0.15) is 23.5 Å². The van der Waals surface area contributed by atoms with Gasteiger partial charge in [0.05, 0.1) is 13.2 Å². The average molecular weight is 500 g/mol. The molecule has 36 heavy (non-hydrogen) atoms. The van der Waals surface area contributed by atoms with Crippen LogP contribution in [0, 0.1) is 29.1 Å². The van der Waals surface area contributed by atoms with Gasteiger partial charge in [0, 0.05) is 42.8 Å². The van der Waals surface area contributed by atoms with E-state index in [0.717, 1.165) is 0 Å². The number of aromatic nitrogens is 1. The number of hydrogen-bond donors (Lipinski definition) is 3. The molecule has 3 fully saturated rings. The first-order chi connectivity index (χ1) is 17.2. The lowest BCUT2D eigenvalue weighted by Crippen LogP contribution is -2.51. The van der Waals surface area contributed by atoms with Crippen molar-refractivity contribution in [1.29, 1.82) is 5.26 Å². The third-order valence-corrected chi connectivity index (χ3v) is 7.63. The lowest BCUT2D eigenvalue weighted by Gasteiger charge is -2.28. The zero-order valence-corrected chi connectivity index (χ0v) is 19.7. The van der Waals surface area contributed by atoms with Crippen molar-refractivity contribution < 1.29 is 27.9 Å². The first kappa shape index (κ1) is 24.0. The molecule has 1 aliphatic carbocycles. The number of aromatic amines is 1. The molecule has 0 spiro atoms. The Morgan fingerprint density at radius 2 is 2.17 bits per heavy atom. The second kappa shape index (κ2) is 9.08. The third-order valence-electron chi connectivity index (χ3n) is 7.63. The Balaban J connectivity index is 1.40. The minimum Gasteiger partial charge on any atom is -0.496 e. The summed E-state index contributed by atoms with van der Waals surface area (Å²) in [6.07, 6.45) is -0.208. The van der Waals surface area contributed by atoms with E-state index in [4.69, 9.17) is 4.74 Å². The van der Waals surface area contributed by atoms with Gasteiger partial charge in [0.15, 0.2) is 0 Å². The van der Waals surface area contributed by atoms with Gasteiger partial charge in [-0.05, 0) is 42.9 Å². The number of ether oxygens (including phenoxy) is 1. The van der Waals surface area contributed by atoms with Crippen LogP contribution in [0.25, 0.3) is 10.9 Å². The summed E-state index contributed by atoms with van der Waals surface area (Å²) in [6, 6.07) is 6.84. The molecule has 0 unspecified atom stereocenters. The molecule has 5 rings (SSSR count). The highest BCUT2D eigenvalue weighted by molar-refractivity contribution is 6.02. The highest BCUT2D eigenvalue weighted by Crippen LogP contribution is 2.50. The van der Waals surface area contributed by atoms with Crippen LogP contribution in [0.15, 0.2) is 24.3 Å². The normalized spacial score (nSPS) is 27.4. The topological polar surface area (TPSA) is 127 Å². The molecule has 2 saturated heterocycles. The minimum atomic E-state index is -2.91. The molecular weight excluding hydrogens is 472 g/mol. The van der Waals surface area contributed by atoms with Crippen molar-refractivity contribution >= 4 is 28.6 Å². The number of H-pyrrole nitrogens is 1. The molecule has 3 heterocycles. The lowest BCUT2D eigenvalue weighted by atomic mass is 9.92. The van der Waals surface area contributed by atoms with E-state index in [1.807, 2.05) is 6.07 Å². The summed E-state index contributed by atoms with van der Waals surface area (Å²) < 4.78 is 33.9. The maximum Gasteiger partial charge on any atom is 0.271 e. The SMILES string of the molecule is COc1cccc2[nH]c(C(=O)N3C[C@H]4CC(F)(F)C[C@H]4[C@@H]3C(=O)N[C@@H](C#N)C[C@H]3CCNC3=O)cc12. The predicted octanol–water partition coefficient (Wildman–Crippen LogP) is 2.20. The van der Waals surface area contributed by atoms with Crippen molar-refractivity contribution in [3.8, 4) is 11.8 Å². The Morgan fingerprint density at radius 1 is 1.36 bits per heavy atom. The van der Waals surface area contributed by atoms with E-state index >= 15 is 0 Å². The first-order valence-electron chi connectivity index (χ1n) is 12.0. The van der Waals surface area contributed by atoms with Crippen LogP contribution in [0.4, 0.5) is 8.78 Å². The monoisotopic (exact) mass is 499 g/mol. The number of nitrogens with one attached hydrogen (secondary N) is 3. The van der Waals surface area contributed by atoms with Crippen LogP contribution < -0.4 is 15.4 Å². The van der Waals surface area contributed by atoms with Gasteiger partial charge in [-0.25, -0.2) is 8.78 Å². The second-order valence-electron chi connectivity index (χ2n) is 9.90. The van der Waals surface area contributed by atoms with Gasteiger partial charge in [0.25, 0.3) is 5.91 Å². The molecule has 2 aliphatic heterocycles. The molecule has 11 heteroatoms. The molecule has 0 radical (unpaired) electrons. The molecule has 3 N–H and O–H groups in total. The van der Waals surface area contributed by atoms with Crippen LogP contribution in [-0.2, 0) is 9.59 Å². The summed E-state index contributed by atoms with van der Waals surface area (Å²) in [6.45, 7) is 0.528. The Hall–Kier alpha value is -3.68. The van der Waals surface area contributed by atoms with E-state index in [9.17, 15) is 28.4 Å². The number of carbonyl (C=O) groups excluding carboxylic acids is 3. The largest absolute Gasteiger partial charge is 0.496 e. The fourth-order valence-electron chi connectivity index (χ4n) is 5.97. The molecule has 0 bridgehead atoms. The molecule has 2 aromatic rings. The maximum atomic E-state index is 14.3. The minimum absolute atomic E-state index is 0.0198. The lowest BCUT2D eigenvalue weighted by molar-refractivity contribution is -0.127. The Kier molecular flexibility index (Phi) is 6.06. The number of methoxy groups -OCH3 is 1. The van der Waals surface area contributed by atoms with E-state index in [0.29, 0.717) is 29.6 Å². The van der Waals surface area contributed by atoms with Crippen LogP contribution in [0.5, 0.6) is 5.75 Å². The van der Waals surface area contributed by atoms with Gasteiger partial charge in [-0.3, -0.25) is 14.4 Å². The first-order valence-corrected chi connectivity index (χ1v) is 12.0. The summed E-state index contributed by atoms with van der Waals surface area (Å²) in [5.74, 6) is -5.29. The molecular formula is C25H27F2N5O4. The van der Waals surface area contributed by atoms with Crippen molar-refractivity contribution in [2.45, 2.75) is 43.7 Å². The van der Waals surface area contributed by atoms with E-state index in [1.165, 1.54) is 12.0 Å². The summed E-state index contributed by atoms with van der Waals surface area (Å²) in [4.78, 5) is 43.3. The standard InChI is InChI=1S/C25H27F2N5O4/c1-36-20-4-2-3-18-16(20)8-19(31-18)24(35)32-12-14-9-25(26,27)10-17(14)21(32)23(34)30-15(11-28)7-13-5-6-29-22(13)33/h2-4,8,13-15,17,21,31H,5-7,9-10,12H2,1H3,(H,29,33)(H,30,34)/t13-,14-,15-,17-,21-/m1/s1. The number of nitriles is 1. The van der Waals surface area contributed by atoms with Gasteiger partial charge in [-0.2, -0.15) is 5.26 Å². The number of rotatable bonds is 6. The number of nitrogens with zero attached hydrogens (tertiary/aromatic N) is 2. The molecule has 3 aliphatic rings. The second-order valence-corrected chi connectivity index (χ2v) is 9.90. The average Bonchev–Trinajstić information content (AvgIpc) is 3.59. The van der Waals surface area contributed by atoms with Gasteiger partial charge in [-0.15, -0.1) is 0 Å². The van der Waals surface area contributed by atoms with Gasteiger partial charge in [-0.1, -0.05) is 6.07 Å². The van der Waals surface area contributed by atoms with Crippen molar-refractivity contribution in [2.75, 3.05) is 20.2 Å². The summed E-state index contributed by atoms with van der Waals surface area (Å²) in [7, 11) is 1.52. The molecule has 190 valence electrons. The number of benzene rings is 1. The zero-order chi connectivity index (χ0) is 25.6. The van der Waals surface area contributed by atoms with Crippen LogP contribution in [0.3, 0.4) is 0 Å². The summed E-state index contributed by atoms with van der Waals surface area (Å²) >= 11 is 0. The van der Waals surface area contributed by atoms with Crippen LogP contribution in [-0.4, -0.2) is 65.8 Å². The number of fused-ring (bicyclic) bond motifs is 2. The molecule has 5 atom stereocenters. The third kappa shape index (κ3) is 4.25. The molecule has 1 aromatic heterocycles. The quantitative estimate of drug-likeness (QED) is 0.562. The van der Waals surface area contributed by atoms with Crippen molar-refractivity contribution in [3.63, 3.8) is 0 Å². The van der Waals surface area contributed by atoms with Gasteiger partial charge in [0.2, 0.25) is 17.7 Å². The van der Waals surface area contributed by atoms with E-state index in [1.54, 1.807) is 24.3 Å². The maximum absolute atomic E-state index is 14.3. The Labute approximate surface area is 206 Å². The zero-order valence-electron chi connectivity index (χ0n) is 19.7. The van der Waals surface area contributed by atoms with E-state index in [-0.39, 0.29) is 24.6 Å². The van der Waals surface area contributed by atoms with Crippen LogP contribution in [0.2, 0.25) is 0 Å². The van der Waals surface area contributed by atoms with Crippen LogP contribution >= 0.6 is 0 Å². The molecule has 9 nitrogen and oxygen atoms in total. The van der Waals surface area contributed by atoms with Crippen LogP contribution in [0.1, 0.15) is 36.2 Å². The number of halogens is 2.